The highest BCUT2D eigenvalue weighted by Gasteiger charge is 2.67. The van der Waals surface area contributed by atoms with E-state index in [2.05, 4.69) is 17.5 Å². The molecule has 0 unspecified atom stereocenters. The van der Waals surface area contributed by atoms with E-state index in [1.165, 1.54) is 4.90 Å². The second-order valence-corrected chi connectivity index (χ2v) is 10.7. The van der Waals surface area contributed by atoms with Crippen molar-refractivity contribution in [3.63, 3.8) is 0 Å². The molecule has 1 heterocycles. The number of allylic oxidation sites excluding steroid dienone is 2. The van der Waals surface area contributed by atoms with E-state index in [1.807, 2.05) is 13.8 Å². The summed E-state index contributed by atoms with van der Waals surface area (Å²) in [6, 6.07) is 13.1. The number of carbonyl (C=O) groups excluding carboxylic acids is 4. The molecule has 0 radical (unpaired) electrons. The molecule has 1 N–H and O–H groups in total. The molecule has 6 atom stereocenters. The lowest BCUT2D eigenvalue weighted by molar-refractivity contribution is -0.124. The summed E-state index contributed by atoms with van der Waals surface area (Å²) in [6.07, 6.45) is 5.44. The van der Waals surface area contributed by atoms with Crippen LogP contribution in [0.4, 0.5) is 11.4 Å². The SMILES string of the molecule is CC(C)COC(=O)c1ccc(NC(=O)c2ccc(N3C(=O)[C@@H]4[C@H]5C=C[C@H]([C@H]6C[C@H]56)[C@@H]4C3=O)cc2)cc1. The van der Waals surface area contributed by atoms with Gasteiger partial charge in [0.1, 0.15) is 0 Å². The monoisotopic (exact) mass is 484 g/mol. The van der Waals surface area contributed by atoms with Crippen LogP contribution in [-0.2, 0) is 14.3 Å². The van der Waals surface area contributed by atoms with Crippen LogP contribution >= 0.6 is 0 Å². The lowest BCUT2D eigenvalue weighted by atomic mass is 9.63. The van der Waals surface area contributed by atoms with Crippen molar-refractivity contribution in [3.8, 4) is 0 Å². The maximum Gasteiger partial charge on any atom is 0.338 e. The van der Waals surface area contributed by atoms with E-state index in [4.69, 9.17) is 4.74 Å². The first-order valence-corrected chi connectivity index (χ1v) is 12.6. The average molecular weight is 485 g/mol. The Morgan fingerprint density at radius 1 is 0.889 bits per heavy atom. The Kier molecular flexibility index (Phi) is 5.32. The van der Waals surface area contributed by atoms with E-state index in [-0.39, 0.29) is 47.3 Å². The van der Waals surface area contributed by atoms with Crippen molar-refractivity contribution in [2.45, 2.75) is 20.3 Å². The van der Waals surface area contributed by atoms with E-state index >= 15 is 0 Å². The van der Waals surface area contributed by atoms with Crippen LogP contribution in [0.2, 0.25) is 0 Å². The molecule has 3 fully saturated rings. The average Bonchev–Trinajstić information content (AvgIpc) is 3.66. The zero-order valence-corrected chi connectivity index (χ0v) is 20.2. The summed E-state index contributed by atoms with van der Waals surface area (Å²) < 4.78 is 5.22. The number of ether oxygens (including phenoxy) is 1. The predicted molar refractivity (Wildman–Crippen MR) is 133 cm³/mol. The largest absolute Gasteiger partial charge is 0.462 e. The quantitative estimate of drug-likeness (QED) is 0.375. The number of esters is 1. The molecule has 7 rings (SSSR count). The number of hydrogen-bond acceptors (Lipinski definition) is 5. The minimum Gasteiger partial charge on any atom is -0.462 e. The van der Waals surface area contributed by atoms with Gasteiger partial charge in [-0.2, -0.15) is 0 Å². The van der Waals surface area contributed by atoms with Crippen molar-refractivity contribution >= 4 is 35.1 Å². The van der Waals surface area contributed by atoms with Crippen LogP contribution in [0.5, 0.6) is 0 Å². The zero-order valence-electron chi connectivity index (χ0n) is 20.2. The maximum absolute atomic E-state index is 13.3. The maximum atomic E-state index is 13.3. The van der Waals surface area contributed by atoms with Gasteiger partial charge in [0.2, 0.25) is 11.8 Å². The molecule has 0 spiro atoms. The zero-order chi connectivity index (χ0) is 25.1. The van der Waals surface area contributed by atoms with E-state index < -0.39 is 5.97 Å². The van der Waals surface area contributed by atoms with Crippen molar-refractivity contribution in [1.29, 1.82) is 0 Å². The topological polar surface area (TPSA) is 92.8 Å². The highest BCUT2D eigenvalue weighted by molar-refractivity contribution is 6.22. The number of nitrogens with one attached hydrogen (secondary N) is 1. The molecule has 2 aromatic carbocycles. The molecule has 36 heavy (non-hydrogen) atoms. The number of anilines is 2. The minimum atomic E-state index is -0.399. The third-order valence-electron chi connectivity index (χ3n) is 7.98. The molecule has 0 aromatic heterocycles. The second-order valence-electron chi connectivity index (χ2n) is 10.7. The van der Waals surface area contributed by atoms with Crippen LogP contribution < -0.4 is 10.2 Å². The summed E-state index contributed by atoms with van der Waals surface area (Å²) in [4.78, 5) is 52.7. The standard InChI is InChI=1S/C29H28N2O5/c1-15(2)14-36-29(35)17-3-7-18(8-4-17)30-26(32)16-5-9-19(10-6-16)31-27(33)24-20-11-12-21(23-13-22(20)23)25(24)28(31)34/h3-12,15,20-25H,13-14H2,1-2H3,(H,30,32)/t20-,21+,22-,23-,24+,25-/m1/s1. The Balaban J connectivity index is 1.12. The molecule has 1 aliphatic heterocycles. The minimum absolute atomic E-state index is 0.112. The Hall–Kier alpha value is -3.74. The molecule has 2 aromatic rings. The van der Waals surface area contributed by atoms with Gasteiger partial charge in [0.15, 0.2) is 0 Å². The van der Waals surface area contributed by atoms with Gasteiger partial charge in [-0.3, -0.25) is 19.3 Å². The highest BCUT2D eigenvalue weighted by atomic mass is 16.5. The first-order chi connectivity index (χ1) is 17.3. The van der Waals surface area contributed by atoms with Gasteiger partial charge >= 0.3 is 5.97 Å². The Morgan fingerprint density at radius 2 is 1.44 bits per heavy atom. The van der Waals surface area contributed by atoms with Gasteiger partial charge in [-0.05, 0) is 84.5 Å². The molecule has 4 aliphatic carbocycles. The normalized spacial score (nSPS) is 29.2. The Bertz CT molecular complexity index is 1240. The van der Waals surface area contributed by atoms with Crippen LogP contribution in [0, 0.1) is 41.4 Å². The van der Waals surface area contributed by atoms with Crippen molar-refractivity contribution in [2.24, 2.45) is 41.4 Å². The summed E-state index contributed by atoms with van der Waals surface area (Å²) >= 11 is 0. The summed E-state index contributed by atoms with van der Waals surface area (Å²) in [7, 11) is 0. The Labute approximate surface area is 209 Å². The molecule has 1 saturated heterocycles. The number of rotatable bonds is 6. The van der Waals surface area contributed by atoms with Gasteiger partial charge in [0, 0.05) is 11.3 Å². The van der Waals surface area contributed by atoms with Crippen LogP contribution in [0.3, 0.4) is 0 Å². The fourth-order valence-corrected chi connectivity index (χ4v) is 6.19. The summed E-state index contributed by atoms with van der Waals surface area (Å²) in [5, 5.41) is 2.80. The third-order valence-corrected chi connectivity index (χ3v) is 7.98. The predicted octanol–water partition coefficient (Wildman–Crippen LogP) is 4.31. The van der Waals surface area contributed by atoms with Crippen LogP contribution in [0.25, 0.3) is 0 Å². The van der Waals surface area contributed by atoms with Gasteiger partial charge in [-0.1, -0.05) is 26.0 Å². The lowest BCUT2D eigenvalue weighted by Gasteiger charge is -2.37. The van der Waals surface area contributed by atoms with Crippen molar-refractivity contribution in [2.75, 3.05) is 16.8 Å². The van der Waals surface area contributed by atoms with Crippen LogP contribution in [-0.4, -0.2) is 30.3 Å². The number of benzene rings is 2. The first-order valence-electron chi connectivity index (χ1n) is 12.6. The molecule has 7 nitrogen and oxygen atoms in total. The number of imide groups is 1. The smallest absolute Gasteiger partial charge is 0.338 e. The Morgan fingerprint density at radius 3 is 2.00 bits per heavy atom. The summed E-state index contributed by atoms with van der Waals surface area (Å²) in [5.74, 6) is 0.290. The van der Waals surface area contributed by atoms with E-state index in [0.717, 1.165) is 6.42 Å². The van der Waals surface area contributed by atoms with Gasteiger partial charge in [0.25, 0.3) is 5.91 Å². The number of amides is 3. The van der Waals surface area contributed by atoms with Crippen LogP contribution in [0.1, 0.15) is 41.0 Å². The molecule has 184 valence electrons. The lowest BCUT2D eigenvalue weighted by Crippen LogP contribution is -2.40. The molecule has 2 bridgehead atoms. The summed E-state index contributed by atoms with van der Waals surface area (Å²) in [6.45, 7) is 4.28. The van der Waals surface area contributed by atoms with E-state index in [1.54, 1.807) is 48.5 Å². The molecule has 5 aliphatic rings. The van der Waals surface area contributed by atoms with Crippen molar-refractivity contribution in [1.82, 2.24) is 0 Å². The molecule has 2 saturated carbocycles. The van der Waals surface area contributed by atoms with Gasteiger partial charge in [-0.15, -0.1) is 0 Å². The van der Waals surface area contributed by atoms with Crippen LogP contribution in [0.15, 0.2) is 60.7 Å². The number of carbonyl (C=O) groups is 4. The molecular formula is C29H28N2O5. The summed E-state index contributed by atoms with van der Waals surface area (Å²) in [5.41, 5.74) is 1.87. The molecule has 3 amide bonds. The number of nitrogens with zero attached hydrogens (tertiary/aromatic N) is 1. The highest BCUT2D eigenvalue weighted by Crippen LogP contribution is 2.65. The fourth-order valence-electron chi connectivity index (χ4n) is 6.19. The van der Waals surface area contributed by atoms with Gasteiger partial charge in [0.05, 0.1) is 29.7 Å². The fraction of sp³-hybridized carbons (Fsp3) is 0.379. The van der Waals surface area contributed by atoms with Gasteiger partial charge in [-0.25, -0.2) is 4.79 Å². The second kappa shape index (κ2) is 8.43. The third kappa shape index (κ3) is 3.65. The molecule has 7 heteroatoms. The van der Waals surface area contributed by atoms with Crippen molar-refractivity contribution < 1.29 is 23.9 Å². The molecular weight excluding hydrogens is 456 g/mol. The van der Waals surface area contributed by atoms with E-state index in [0.29, 0.717) is 40.9 Å². The number of hydrogen-bond donors (Lipinski definition) is 1. The first kappa shape index (κ1) is 22.7. The van der Waals surface area contributed by atoms with Gasteiger partial charge < -0.3 is 10.1 Å². The van der Waals surface area contributed by atoms with E-state index in [9.17, 15) is 19.2 Å². The van der Waals surface area contributed by atoms with Crippen molar-refractivity contribution in [3.05, 3.63) is 71.8 Å².